The number of alkyl halides is 6. The topological polar surface area (TPSA) is 177 Å². The van der Waals surface area contributed by atoms with Gasteiger partial charge in [-0.25, -0.2) is 0 Å². The summed E-state index contributed by atoms with van der Waals surface area (Å²) in [6.07, 6.45) is -12.3. The molecule has 9 N–H and O–H groups in total. The minimum atomic E-state index is -6.07. The van der Waals surface area contributed by atoms with Crippen LogP contribution >= 0.6 is 0 Å². The van der Waals surface area contributed by atoms with Gasteiger partial charge in [-0.2, -0.15) is 26.3 Å². The second kappa shape index (κ2) is 15.1. The number of benzene rings is 2. The Kier molecular flexibility index (Phi) is 12.5. The average Bonchev–Trinajstić information content (AvgIpc) is 2.94. The normalized spacial score (nSPS) is 13.6. The molecule has 0 heterocycles. The van der Waals surface area contributed by atoms with Crippen LogP contribution in [0.4, 0.5) is 32.0 Å². The van der Waals surface area contributed by atoms with Crippen molar-refractivity contribution in [3.05, 3.63) is 65.7 Å². The molecule has 0 fully saturated rings. The lowest BCUT2D eigenvalue weighted by Gasteiger charge is -2.32. The predicted octanol–water partition coefficient (Wildman–Crippen LogP) is 1.52. The van der Waals surface area contributed by atoms with E-state index in [1.54, 1.807) is 30.3 Å². The van der Waals surface area contributed by atoms with E-state index in [2.05, 4.69) is 10.6 Å². The highest BCUT2D eigenvalue weighted by atomic mass is 19.4. The Bertz CT molecular complexity index is 1190. The molecule has 2 aromatic rings. The molecule has 0 saturated heterocycles. The Labute approximate surface area is 243 Å². The number of aryl methyl sites for hydroxylation is 1. The fourth-order valence-corrected chi connectivity index (χ4v) is 4.10. The highest BCUT2D eigenvalue weighted by molar-refractivity contribution is 5.98. The van der Waals surface area contributed by atoms with Crippen molar-refractivity contribution < 1.29 is 45.8 Å². The van der Waals surface area contributed by atoms with Crippen molar-refractivity contribution in [1.82, 2.24) is 10.2 Å². The summed E-state index contributed by atoms with van der Waals surface area (Å²) < 4.78 is 79.1. The largest absolute Gasteiger partial charge is 0.430 e. The van der Waals surface area contributed by atoms with Crippen molar-refractivity contribution in [2.24, 2.45) is 17.2 Å². The average molecular weight is 621 g/mol. The molecule has 2 aromatic carbocycles. The SMILES string of the molecule is NCCN(CCN)C(=O)C[C@H](N)C(=O)N[C@@H](CCc1ccccc1)C(=O)Nc1ccc(C(O)(C(F)(F)F)C(F)(F)F)cc1. The van der Waals surface area contributed by atoms with Crippen molar-refractivity contribution in [1.29, 1.82) is 0 Å². The van der Waals surface area contributed by atoms with Crippen LogP contribution in [0.15, 0.2) is 54.6 Å². The van der Waals surface area contributed by atoms with Gasteiger partial charge >= 0.3 is 12.4 Å². The van der Waals surface area contributed by atoms with Crippen LogP contribution in [-0.2, 0) is 26.4 Å². The number of aliphatic hydroxyl groups is 1. The maximum Gasteiger partial charge on any atom is 0.430 e. The van der Waals surface area contributed by atoms with Gasteiger partial charge in [-0.05, 0) is 30.5 Å². The number of rotatable bonds is 14. The van der Waals surface area contributed by atoms with E-state index in [9.17, 15) is 45.8 Å². The van der Waals surface area contributed by atoms with Gasteiger partial charge in [-0.1, -0.05) is 42.5 Å². The smallest absolute Gasteiger partial charge is 0.369 e. The van der Waals surface area contributed by atoms with E-state index >= 15 is 0 Å². The third-order valence-electron chi connectivity index (χ3n) is 6.47. The first-order chi connectivity index (χ1) is 20.0. The first-order valence-corrected chi connectivity index (χ1v) is 13.1. The van der Waals surface area contributed by atoms with Gasteiger partial charge in [0.15, 0.2) is 0 Å². The van der Waals surface area contributed by atoms with Gasteiger partial charge < -0.3 is 37.8 Å². The number of hydrogen-bond donors (Lipinski definition) is 6. The summed E-state index contributed by atoms with van der Waals surface area (Å²) in [7, 11) is 0. The van der Waals surface area contributed by atoms with Crippen LogP contribution in [-0.4, -0.2) is 78.3 Å². The quantitative estimate of drug-likeness (QED) is 0.174. The van der Waals surface area contributed by atoms with Crippen molar-refractivity contribution in [2.45, 2.75) is 49.3 Å². The number of carbonyl (C=O) groups is 3. The van der Waals surface area contributed by atoms with Crippen LogP contribution in [0.25, 0.3) is 0 Å². The molecule has 3 amide bonds. The molecule has 0 aliphatic heterocycles. The summed E-state index contributed by atoms with van der Waals surface area (Å²) in [6.45, 7) is 0.687. The standard InChI is InChI=1S/C27H34F6N6O4/c28-26(29,30)25(43,27(31,32)33)18-7-9-19(10-8-18)37-24(42)21(11-6-17-4-2-1-3-5-17)38-23(41)20(36)16-22(40)39(14-12-34)15-13-35/h1-5,7-10,20-21,43H,6,11-16,34-36H2,(H,37,42)(H,38,41)/t20-,21-/m0/s1. The molecular weight excluding hydrogens is 586 g/mol. The zero-order valence-corrected chi connectivity index (χ0v) is 22.9. The van der Waals surface area contributed by atoms with Gasteiger partial charge in [-0.3, -0.25) is 14.4 Å². The van der Waals surface area contributed by atoms with Crippen LogP contribution in [0.2, 0.25) is 0 Å². The number of carbonyl (C=O) groups excluding carboxylic acids is 3. The number of anilines is 1. The molecule has 16 heteroatoms. The first kappa shape index (κ1) is 35.5. The molecule has 238 valence electrons. The highest BCUT2D eigenvalue weighted by Crippen LogP contribution is 2.50. The number of nitrogens with two attached hydrogens (primary N) is 3. The molecule has 0 radical (unpaired) electrons. The third-order valence-corrected chi connectivity index (χ3v) is 6.47. The van der Waals surface area contributed by atoms with Crippen molar-refractivity contribution in [2.75, 3.05) is 31.5 Å². The number of nitrogens with zero attached hydrogens (tertiary/aromatic N) is 1. The molecule has 10 nitrogen and oxygen atoms in total. The Hall–Kier alpha value is -3.73. The van der Waals surface area contributed by atoms with E-state index in [-0.39, 0.29) is 44.7 Å². The van der Waals surface area contributed by atoms with Gasteiger partial charge in [0.25, 0.3) is 5.60 Å². The minimum absolute atomic E-state index is 0.0225. The molecular formula is C27H34F6N6O4. The summed E-state index contributed by atoms with van der Waals surface area (Å²) in [5.74, 6) is -2.19. The third kappa shape index (κ3) is 9.38. The van der Waals surface area contributed by atoms with Gasteiger partial charge in [0.05, 0.1) is 12.5 Å². The van der Waals surface area contributed by atoms with E-state index in [0.29, 0.717) is 12.1 Å². The first-order valence-electron chi connectivity index (χ1n) is 13.1. The second-order valence-electron chi connectivity index (χ2n) is 9.63. The molecule has 0 spiro atoms. The Balaban J connectivity index is 2.22. The summed E-state index contributed by atoms with van der Waals surface area (Å²) in [5, 5.41) is 14.4. The molecule has 0 saturated carbocycles. The molecule has 0 bridgehead atoms. The molecule has 0 unspecified atom stereocenters. The molecule has 2 rings (SSSR count). The van der Waals surface area contributed by atoms with Crippen LogP contribution in [0, 0.1) is 0 Å². The maximum atomic E-state index is 13.2. The summed E-state index contributed by atoms with van der Waals surface area (Å²) in [4.78, 5) is 39.9. The molecule has 0 aromatic heterocycles. The fourth-order valence-electron chi connectivity index (χ4n) is 4.10. The number of halogens is 6. The van der Waals surface area contributed by atoms with Crippen LogP contribution in [0.3, 0.4) is 0 Å². The van der Waals surface area contributed by atoms with Gasteiger partial charge in [0, 0.05) is 37.4 Å². The molecule has 2 atom stereocenters. The van der Waals surface area contributed by atoms with Crippen molar-refractivity contribution in [3.8, 4) is 0 Å². The Morgan fingerprint density at radius 1 is 0.837 bits per heavy atom. The van der Waals surface area contributed by atoms with E-state index in [1.165, 1.54) is 4.90 Å². The van der Waals surface area contributed by atoms with E-state index in [0.717, 1.165) is 17.7 Å². The van der Waals surface area contributed by atoms with Gasteiger partial charge in [0.2, 0.25) is 17.7 Å². The molecule has 0 aliphatic carbocycles. The van der Waals surface area contributed by atoms with E-state index < -0.39 is 59.7 Å². The number of nitrogens with one attached hydrogen (secondary N) is 2. The fraction of sp³-hybridized carbons (Fsp3) is 0.444. The van der Waals surface area contributed by atoms with Crippen molar-refractivity contribution >= 4 is 23.4 Å². The Morgan fingerprint density at radius 2 is 1.37 bits per heavy atom. The minimum Gasteiger partial charge on any atom is -0.369 e. The van der Waals surface area contributed by atoms with E-state index in [4.69, 9.17) is 17.2 Å². The monoisotopic (exact) mass is 620 g/mol. The highest BCUT2D eigenvalue weighted by Gasteiger charge is 2.71. The summed E-state index contributed by atoms with van der Waals surface area (Å²) in [6, 6.07) is 8.45. The van der Waals surface area contributed by atoms with Gasteiger partial charge in [-0.15, -0.1) is 0 Å². The zero-order chi connectivity index (χ0) is 32.4. The predicted molar refractivity (Wildman–Crippen MR) is 145 cm³/mol. The van der Waals surface area contributed by atoms with Crippen LogP contribution in [0.1, 0.15) is 24.0 Å². The summed E-state index contributed by atoms with van der Waals surface area (Å²) >= 11 is 0. The number of amides is 3. The van der Waals surface area contributed by atoms with Gasteiger partial charge in [0.1, 0.15) is 6.04 Å². The van der Waals surface area contributed by atoms with Crippen molar-refractivity contribution in [3.63, 3.8) is 0 Å². The maximum absolute atomic E-state index is 13.2. The lowest BCUT2D eigenvalue weighted by molar-refractivity contribution is -0.376. The number of hydrogen-bond acceptors (Lipinski definition) is 7. The lowest BCUT2D eigenvalue weighted by Crippen LogP contribution is -2.53. The second-order valence-corrected chi connectivity index (χ2v) is 9.63. The summed E-state index contributed by atoms with van der Waals surface area (Å²) in [5.41, 5.74) is 10.9. The van der Waals surface area contributed by atoms with Crippen LogP contribution < -0.4 is 27.8 Å². The lowest BCUT2D eigenvalue weighted by atomic mass is 9.92. The zero-order valence-electron chi connectivity index (χ0n) is 22.9. The molecule has 43 heavy (non-hydrogen) atoms. The molecule has 0 aliphatic rings. The van der Waals surface area contributed by atoms with Crippen LogP contribution in [0.5, 0.6) is 0 Å². The van der Waals surface area contributed by atoms with E-state index in [1.807, 2.05) is 0 Å². The Morgan fingerprint density at radius 3 is 1.86 bits per heavy atom.